The van der Waals surface area contributed by atoms with Crippen molar-refractivity contribution in [2.24, 2.45) is 5.92 Å². The van der Waals surface area contributed by atoms with Gasteiger partial charge in [-0.05, 0) is 43.0 Å². The zero-order valence-corrected chi connectivity index (χ0v) is 13.2. The molecule has 1 heterocycles. The Labute approximate surface area is 138 Å². The van der Waals surface area contributed by atoms with Gasteiger partial charge in [-0.1, -0.05) is 12.1 Å². The normalized spacial score (nSPS) is 18.6. The highest BCUT2D eigenvalue weighted by Gasteiger charge is 2.30. The second kappa shape index (κ2) is 8.34. The fraction of sp³-hybridized carbons (Fsp3) is 0.562. The Hall–Kier alpha value is -1.80. The molecular formula is C16H21F3N2O3. The largest absolute Gasteiger partial charge is 0.573 e. The predicted octanol–water partition coefficient (Wildman–Crippen LogP) is 1.56. The van der Waals surface area contributed by atoms with Crippen molar-refractivity contribution in [2.45, 2.75) is 19.2 Å². The predicted molar refractivity (Wildman–Crippen MR) is 81.5 cm³/mol. The van der Waals surface area contributed by atoms with Crippen LogP contribution in [0.25, 0.3) is 0 Å². The summed E-state index contributed by atoms with van der Waals surface area (Å²) < 4.78 is 40.0. The van der Waals surface area contributed by atoms with Gasteiger partial charge in [-0.3, -0.25) is 9.69 Å². The van der Waals surface area contributed by atoms with Crippen LogP contribution in [0.15, 0.2) is 24.3 Å². The molecule has 2 rings (SSSR count). The van der Waals surface area contributed by atoms with Gasteiger partial charge in [0.25, 0.3) is 0 Å². The van der Waals surface area contributed by atoms with E-state index in [0.717, 1.165) is 25.1 Å². The van der Waals surface area contributed by atoms with Gasteiger partial charge in [-0.15, -0.1) is 13.2 Å². The number of ether oxygens (including phenoxy) is 1. The number of amides is 1. The molecule has 0 bridgehead atoms. The molecule has 0 aliphatic carbocycles. The second-order valence-electron chi connectivity index (χ2n) is 5.86. The van der Waals surface area contributed by atoms with Gasteiger partial charge in [0.2, 0.25) is 5.91 Å². The minimum Gasteiger partial charge on any atom is -0.406 e. The highest BCUT2D eigenvalue weighted by Crippen LogP contribution is 2.22. The number of rotatable bonds is 7. The highest BCUT2D eigenvalue weighted by atomic mass is 19.4. The van der Waals surface area contributed by atoms with E-state index in [2.05, 4.69) is 10.1 Å². The lowest BCUT2D eigenvalue weighted by Gasteiger charge is -2.15. The van der Waals surface area contributed by atoms with Gasteiger partial charge in [0, 0.05) is 19.7 Å². The number of hydrogen-bond acceptors (Lipinski definition) is 4. The van der Waals surface area contributed by atoms with Crippen LogP contribution in [-0.2, 0) is 11.2 Å². The zero-order chi connectivity index (χ0) is 17.6. The number of nitrogens with one attached hydrogen (secondary N) is 1. The van der Waals surface area contributed by atoms with Crippen LogP contribution in [0.2, 0.25) is 0 Å². The van der Waals surface area contributed by atoms with Gasteiger partial charge in [0.1, 0.15) is 5.75 Å². The Bertz CT molecular complexity index is 534. The number of alkyl halides is 3. The Morgan fingerprint density at radius 1 is 1.33 bits per heavy atom. The fourth-order valence-electron chi connectivity index (χ4n) is 2.67. The van der Waals surface area contributed by atoms with E-state index in [1.165, 1.54) is 12.1 Å². The highest BCUT2D eigenvalue weighted by molar-refractivity contribution is 5.78. The Kier molecular flexibility index (Phi) is 6.44. The topological polar surface area (TPSA) is 61.8 Å². The molecule has 1 amide bonds. The van der Waals surface area contributed by atoms with Crippen molar-refractivity contribution in [2.75, 3.05) is 32.8 Å². The molecule has 1 saturated heterocycles. The van der Waals surface area contributed by atoms with Crippen molar-refractivity contribution in [1.82, 2.24) is 10.2 Å². The molecule has 2 N–H and O–H groups in total. The minimum atomic E-state index is -4.69. The number of hydrogen-bond donors (Lipinski definition) is 2. The summed E-state index contributed by atoms with van der Waals surface area (Å²) in [5.74, 6) is -0.108. The lowest BCUT2D eigenvalue weighted by atomic mass is 10.1. The Morgan fingerprint density at radius 2 is 2.04 bits per heavy atom. The molecule has 8 heteroatoms. The van der Waals surface area contributed by atoms with E-state index in [4.69, 9.17) is 5.11 Å². The van der Waals surface area contributed by atoms with Crippen LogP contribution in [0.5, 0.6) is 5.75 Å². The van der Waals surface area contributed by atoms with E-state index in [-0.39, 0.29) is 24.2 Å². The molecule has 1 atom stereocenters. The van der Waals surface area contributed by atoms with E-state index in [0.29, 0.717) is 19.5 Å². The van der Waals surface area contributed by atoms with E-state index < -0.39 is 6.36 Å². The fourth-order valence-corrected chi connectivity index (χ4v) is 2.67. The van der Waals surface area contributed by atoms with Crippen molar-refractivity contribution in [3.05, 3.63) is 29.8 Å². The van der Waals surface area contributed by atoms with Crippen LogP contribution >= 0.6 is 0 Å². The maximum absolute atomic E-state index is 12.1. The van der Waals surface area contributed by atoms with Gasteiger partial charge < -0.3 is 15.2 Å². The number of carbonyl (C=O) groups is 1. The molecule has 1 aromatic carbocycles. The lowest BCUT2D eigenvalue weighted by Crippen LogP contribution is -2.37. The number of nitrogens with zero attached hydrogens (tertiary/aromatic N) is 1. The molecule has 24 heavy (non-hydrogen) atoms. The summed E-state index contributed by atoms with van der Waals surface area (Å²) in [7, 11) is 0. The van der Waals surface area contributed by atoms with Crippen molar-refractivity contribution >= 4 is 5.91 Å². The monoisotopic (exact) mass is 346 g/mol. The van der Waals surface area contributed by atoms with Crippen molar-refractivity contribution in [1.29, 1.82) is 0 Å². The molecule has 1 unspecified atom stereocenters. The molecule has 1 aromatic rings. The van der Waals surface area contributed by atoms with Crippen LogP contribution in [-0.4, -0.2) is 55.1 Å². The molecular weight excluding hydrogens is 325 g/mol. The summed E-state index contributed by atoms with van der Waals surface area (Å²) in [5.41, 5.74) is 0.811. The quantitative estimate of drug-likeness (QED) is 0.787. The maximum Gasteiger partial charge on any atom is 0.573 e. The number of benzene rings is 1. The molecule has 5 nitrogen and oxygen atoms in total. The first kappa shape index (κ1) is 18.5. The summed E-state index contributed by atoms with van der Waals surface area (Å²) in [6, 6.07) is 5.59. The lowest BCUT2D eigenvalue weighted by molar-refractivity contribution is -0.274. The van der Waals surface area contributed by atoms with E-state index >= 15 is 0 Å². The summed E-state index contributed by atoms with van der Waals surface area (Å²) in [6.07, 6.45) is -3.27. The average molecular weight is 346 g/mol. The van der Waals surface area contributed by atoms with E-state index in [1.807, 2.05) is 4.90 Å². The van der Waals surface area contributed by atoms with Crippen LogP contribution in [0, 0.1) is 5.92 Å². The van der Waals surface area contributed by atoms with E-state index in [1.54, 1.807) is 12.1 Å². The summed E-state index contributed by atoms with van der Waals surface area (Å²) in [6.45, 7) is 2.39. The first-order valence-electron chi connectivity index (χ1n) is 7.80. The summed E-state index contributed by atoms with van der Waals surface area (Å²) >= 11 is 0. The Balaban J connectivity index is 1.67. The Morgan fingerprint density at radius 3 is 2.62 bits per heavy atom. The molecule has 0 radical (unpaired) electrons. The average Bonchev–Trinajstić information content (AvgIpc) is 2.95. The van der Waals surface area contributed by atoms with Gasteiger partial charge in [-0.25, -0.2) is 0 Å². The third-order valence-corrected chi connectivity index (χ3v) is 3.89. The number of carbonyl (C=O) groups excluding carboxylic acids is 1. The van der Waals surface area contributed by atoms with Gasteiger partial charge >= 0.3 is 6.36 Å². The SMILES string of the molecule is O=C(CN1CCC(CO)C1)NCCc1ccc(OC(F)(F)F)cc1. The van der Waals surface area contributed by atoms with Gasteiger partial charge in [-0.2, -0.15) is 0 Å². The number of likely N-dealkylation sites (tertiary alicyclic amines) is 1. The molecule has 0 aromatic heterocycles. The number of aliphatic hydroxyl groups is 1. The summed E-state index contributed by atoms with van der Waals surface area (Å²) in [5, 5.41) is 11.9. The number of aliphatic hydroxyl groups excluding tert-OH is 1. The second-order valence-corrected chi connectivity index (χ2v) is 5.86. The third-order valence-electron chi connectivity index (χ3n) is 3.89. The van der Waals surface area contributed by atoms with Gasteiger partial charge in [0.15, 0.2) is 0 Å². The molecule has 1 aliphatic heterocycles. The molecule has 1 aliphatic rings. The smallest absolute Gasteiger partial charge is 0.406 e. The van der Waals surface area contributed by atoms with Gasteiger partial charge in [0.05, 0.1) is 6.54 Å². The van der Waals surface area contributed by atoms with Crippen molar-refractivity contribution in [3.63, 3.8) is 0 Å². The standard InChI is InChI=1S/C16H21F3N2O3/c17-16(18,19)24-14-3-1-12(2-4-14)5-7-20-15(23)10-21-8-6-13(9-21)11-22/h1-4,13,22H,5-11H2,(H,20,23). The molecule has 134 valence electrons. The maximum atomic E-state index is 12.1. The third kappa shape index (κ3) is 6.37. The molecule has 0 spiro atoms. The van der Waals surface area contributed by atoms with Crippen molar-refractivity contribution < 1.29 is 27.8 Å². The minimum absolute atomic E-state index is 0.0920. The number of halogens is 3. The van der Waals surface area contributed by atoms with E-state index in [9.17, 15) is 18.0 Å². The molecule has 0 saturated carbocycles. The first-order valence-corrected chi connectivity index (χ1v) is 7.80. The van der Waals surface area contributed by atoms with Crippen LogP contribution in [0.3, 0.4) is 0 Å². The summed E-state index contributed by atoms with van der Waals surface area (Å²) in [4.78, 5) is 13.8. The van der Waals surface area contributed by atoms with Crippen LogP contribution < -0.4 is 10.1 Å². The molecule has 1 fully saturated rings. The first-order chi connectivity index (χ1) is 11.4. The van der Waals surface area contributed by atoms with Crippen molar-refractivity contribution in [3.8, 4) is 5.75 Å². The zero-order valence-electron chi connectivity index (χ0n) is 13.2. The van der Waals surface area contributed by atoms with Crippen LogP contribution in [0.4, 0.5) is 13.2 Å². The van der Waals surface area contributed by atoms with Crippen LogP contribution in [0.1, 0.15) is 12.0 Å².